The number of unbranched alkanes of at least 4 members (excludes halogenated alkanes) is 1. The van der Waals surface area contributed by atoms with Crippen molar-refractivity contribution in [2.75, 3.05) is 0 Å². The van der Waals surface area contributed by atoms with Crippen LogP contribution in [-0.2, 0) is 0 Å². The van der Waals surface area contributed by atoms with Gasteiger partial charge in [0.1, 0.15) is 0 Å². The maximum atomic E-state index is 3.74. The summed E-state index contributed by atoms with van der Waals surface area (Å²) in [5, 5.41) is 0. The lowest BCUT2D eigenvalue weighted by molar-refractivity contribution is 0.601. The largest absolute Gasteiger partial charge is 0.103 e. The zero-order valence-corrected chi connectivity index (χ0v) is 7.84. The molecule has 3 unspecified atom stereocenters. The van der Waals surface area contributed by atoms with Crippen LogP contribution in [0.4, 0.5) is 0 Å². The summed E-state index contributed by atoms with van der Waals surface area (Å²) in [4.78, 5) is 0. The molecule has 1 saturated carbocycles. The highest BCUT2D eigenvalue weighted by Gasteiger charge is 2.43. The summed E-state index contributed by atoms with van der Waals surface area (Å²) in [7, 11) is 0. The summed E-state index contributed by atoms with van der Waals surface area (Å²) in [5.74, 6) is 3.13. The van der Waals surface area contributed by atoms with Gasteiger partial charge in [0.25, 0.3) is 0 Å². The third kappa shape index (κ3) is 2.08. The van der Waals surface area contributed by atoms with Crippen molar-refractivity contribution in [3.63, 3.8) is 0 Å². The van der Waals surface area contributed by atoms with Gasteiger partial charge in [0, 0.05) is 0 Å². The SMILES string of the molecule is C=CCCCC1C(C)C1CC. The molecule has 0 radical (unpaired) electrons. The summed E-state index contributed by atoms with van der Waals surface area (Å²) < 4.78 is 0. The second-order valence-electron chi connectivity index (χ2n) is 3.81. The lowest BCUT2D eigenvalue weighted by Crippen LogP contribution is -1.81. The Morgan fingerprint density at radius 2 is 2.09 bits per heavy atom. The van der Waals surface area contributed by atoms with Crippen LogP contribution in [0.1, 0.15) is 39.5 Å². The molecule has 0 aliphatic heterocycles. The highest BCUT2D eigenvalue weighted by molar-refractivity contribution is 4.92. The van der Waals surface area contributed by atoms with Crippen LogP contribution in [0.5, 0.6) is 0 Å². The minimum atomic E-state index is 1.02. The molecular weight excluding hydrogens is 132 g/mol. The average Bonchev–Trinajstić information content (AvgIpc) is 2.62. The number of hydrogen-bond acceptors (Lipinski definition) is 0. The first-order valence-corrected chi connectivity index (χ1v) is 4.92. The molecule has 0 saturated heterocycles. The lowest BCUT2D eigenvalue weighted by Gasteiger charge is -1.94. The Bertz CT molecular complexity index is 126. The van der Waals surface area contributed by atoms with Gasteiger partial charge in [-0.1, -0.05) is 26.3 Å². The van der Waals surface area contributed by atoms with Gasteiger partial charge in [0.05, 0.1) is 0 Å². The third-order valence-corrected chi connectivity index (χ3v) is 3.18. The molecular formula is C11H20. The monoisotopic (exact) mass is 152 g/mol. The van der Waals surface area contributed by atoms with Crippen LogP contribution in [0.3, 0.4) is 0 Å². The van der Waals surface area contributed by atoms with Crippen LogP contribution in [0.15, 0.2) is 12.7 Å². The number of allylic oxidation sites excluding steroid dienone is 1. The third-order valence-electron chi connectivity index (χ3n) is 3.18. The summed E-state index contributed by atoms with van der Waals surface area (Å²) in [6, 6.07) is 0. The topological polar surface area (TPSA) is 0 Å². The number of hydrogen-bond donors (Lipinski definition) is 0. The summed E-state index contributed by atoms with van der Waals surface area (Å²) in [5.41, 5.74) is 0. The van der Waals surface area contributed by atoms with Gasteiger partial charge in [-0.2, -0.15) is 0 Å². The van der Waals surface area contributed by atoms with E-state index in [0.717, 1.165) is 17.8 Å². The van der Waals surface area contributed by atoms with Crippen molar-refractivity contribution in [1.29, 1.82) is 0 Å². The van der Waals surface area contributed by atoms with Crippen LogP contribution >= 0.6 is 0 Å². The van der Waals surface area contributed by atoms with Gasteiger partial charge in [0.2, 0.25) is 0 Å². The molecule has 0 heterocycles. The van der Waals surface area contributed by atoms with Crippen molar-refractivity contribution in [3.8, 4) is 0 Å². The maximum Gasteiger partial charge on any atom is -0.0353 e. The van der Waals surface area contributed by atoms with E-state index in [1.165, 1.54) is 25.7 Å². The van der Waals surface area contributed by atoms with E-state index in [1.54, 1.807) is 0 Å². The average molecular weight is 152 g/mol. The van der Waals surface area contributed by atoms with E-state index in [1.807, 2.05) is 6.08 Å². The fraction of sp³-hybridized carbons (Fsp3) is 0.818. The Morgan fingerprint density at radius 3 is 2.55 bits per heavy atom. The minimum absolute atomic E-state index is 1.02. The highest BCUT2D eigenvalue weighted by atomic mass is 14.5. The van der Waals surface area contributed by atoms with Gasteiger partial charge in [-0.15, -0.1) is 6.58 Å². The molecule has 0 N–H and O–H groups in total. The van der Waals surface area contributed by atoms with E-state index in [2.05, 4.69) is 20.4 Å². The molecule has 0 aromatic rings. The molecule has 0 amide bonds. The van der Waals surface area contributed by atoms with Gasteiger partial charge in [0.15, 0.2) is 0 Å². The van der Waals surface area contributed by atoms with Crippen LogP contribution in [0.2, 0.25) is 0 Å². The van der Waals surface area contributed by atoms with Crippen molar-refractivity contribution in [1.82, 2.24) is 0 Å². The van der Waals surface area contributed by atoms with Gasteiger partial charge in [-0.05, 0) is 37.0 Å². The molecule has 0 nitrogen and oxygen atoms in total. The van der Waals surface area contributed by atoms with Crippen LogP contribution in [0.25, 0.3) is 0 Å². The van der Waals surface area contributed by atoms with Crippen LogP contribution in [0, 0.1) is 17.8 Å². The molecule has 0 spiro atoms. The van der Waals surface area contributed by atoms with Crippen molar-refractivity contribution in [2.24, 2.45) is 17.8 Å². The van der Waals surface area contributed by atoms with Crippen molar-refractivity contribution in [3.05, 3.63) is 12.7 Å². The molecule has 1 aliphatic rings. The van der Waals surface area contributed by atoms with Crippen LogP contribution in [-0.4, -0.2) is 0 Å². The minimum Gasteiger partial charge on any atom is -0.103 e. The number of rotatable bonds is 5. The standard InChI is InChI=1S/C11H20/c1-4-6-7-8-11-9(3)10(11)5-2/h4,9-11H,1,5-8H2,2-3H3. The van der Waals surface area contributed by atoms with Gasteiger partial charge in [-0.25, -0.2) is 0 Å². The molecule has 0 aromatic carbocycles. The summed E-state index contributed by atoms with van der Waals surface area (Å²) >= 11 is 0. The molecule has 1 fully saturated rings. The quantitative estimate of drug-likeness (QED) is 0.417. The Hall–Kier alpha value is -0.260. The first-order valence-electron chi connectivity index (χ1n) is 4.92. The zero-order valence-electron chi connectivity index (χ0n) is 7.84. The fourth-order valence-corrected chi connectivity index (χ4v) is 2.29. The normalized spacial score (nSPS) is 35.3. The fourth-order valence-electron chi connectivity index (χ4n) is 2.29. The van der Waals surface area contributed by atoms with E-state index in [9.17, 15) is 0 Å². The summed E-state index contributed by atoms with van der Waals surface area (Å²) in [6.45, 7) is 8.45. The van der Waals surface area contributed by atoms with E-state index in [-0.39, 0.29) is 0 Å². The second-order valence-corrected chi connectivity index (χ2v) is 3.81. The van der Waals surface area contributed by atoms with E-state index in [0.29, 0.717) is 0 Å². The Labute approximate surface area is 70.7 Å². The lowest BCUT2D eigenvalue weighted by atomic mass is 10.1. The van der Waals surface area contributed by atoms with E-state index in [4.69, 9.17) is 0 Å². The van der Waals surface area contributed by atoms with Crippen molar-refractivity contribution < 1.29 is 0 Å². The Balaban J connectivity index is 2.05. The first kappa shape index (κ1) is 8.83. The highest BCUT2D eigenvalue weighted by Crippen LogP contribution is 2.50. The molecule has 1 aliphatic carbocycles. The second kappa shape index (κ2) is 3.94. The molecule has 3 atom stereocenters. The molecule has 0 bridgehead atoms. The Morgan fingerprint density at radius 1 is 1.36 bits per heavy atom. The van der Waals surface area contributed by atoms with E-state index >= 15 is 0 Å². The van der Waals surface area contributed by atoms with Gasteiger partial charge in [-0.3, -0.25) is 0 Å². The predicted molar refractivity (Wildman–Crippen MR) is 50.5 cm³/mol. The first-order chi connectivity index (χ1) is 5.31. The maximum absolute atomic E-state index is 3.74. The predicted octanol–water partition coefficient (Wildman–Crippen LogP) is 3.63. The van der Waals surface area contributed by atoms with Gasteiger partial charge < -0.3 is 0 Å². The smallest absolute Gasteiger partial charge is 0.0353 e. The molecule has 0 aromatic heterocycles. The molecule has 0 heteroatoms. The van der Waals surface area contributed by atoms with Crippen molar-refractivity contribution in [2.45, 2.75) is 39.5 Å². The molecule has 64 valence electrons. The summed E-state index contributed by atoms with van der Waals surface area (Å²) in [6.07, 6.45) is 7.42. The van der Waals surface area contributed by atoms with Crippen molar-refractivity contribution >= 4 is 0 Å². The van der Waals surface area contributed by atoms with E-state index < -0.39 is 0 Å². The zero-order chi connectivity index (χ0) is 8.27. The van der Waals surface area contributed by atoms with Gasteiger partial charge >= 0.3 is 0 Å². The Kier molecular flexibility index (Phi) is 3.16. The molecule has 1 rings (SSSR count). The van der Waals surface area contributed by atoms with Crippen LogP contribution < -0.4 is 0 Å². The molecule has 11 heavy (non-hydrogen) atoms.